The minimum Gasteiger partial charge on any atom is -0.338 e. The summed E-state index contributed by atoms with van der Waals surface area (Å²) in [4.78, 5) is 2.34. The van der Waals surface area contributed by atoms with Crippen LogP contribution in [0.4, 0.5) is 17.1 Å². The lowest BCUT2D eigenvalue weighted by molar-refractivity contribution is 0.642. The zero-order chi connectivity index (χ0) is 28.2. The van der Waals surface area contributed by atoms with E-state index in [1.54, 1.807) is 0 Å². The van der Waals surface area contributed by atoms with Gasteiger partial charge in [-0.15, -0.1) is 0 Å². The van der Waals surface area contributed by atoms with Gasteiger partial charge in [-0.05, 0) is 86.6 Å². The molecule has 2 heterocycles. The monoisotopic (exact) mass is 541 g/mol. The van der Waals surface area contributed by atoms with Crippen LogP contribution in [0.25, 0.3) is 49.3 Å². The van der Waals surface area contributed by atoms with Crippen LogP contribution in [0.2, 0.25) is 0 Å². The van der Waals surface area contributed by atoms with Crippen LogP contribution in [0.3, 0.4) is 0 Å². The van der Waals surface area contributed by atoms with Crippen molar-refractivity contribution in [2.24, 2.45) is 0 Å². The van der Waals surface area contributed by atoms with E-state index in [-0.39, 0.29) is 0 Å². The van der Waals surface area contributed by atoms with Crippen molar-refractivity contribution in [2.45, 2.75) is 19.9 Å². The second-order valence-corrected chi connectivity index (χ2v) is 11.2. The summed E-state index contributed by atoms with van der Waals surface area (Å²) in [5.74, 6) is 0. The maximum absolute atomic E-state index is 2.47. The molecular weight excluding hydrogens is 510 g/mol. The van der Waals surface area contributed by atoms with Crippen molar-refractivity contribution in [3.8, 4) is 5.69 Å². The van der Waals surface area contributed by atoms with Crippen LogP contribution in [-0.2, 0) is 0 Å². The Morgan fingerprint density at radius 1 is 0.429 bits per heavy atom. The molecule has 0 aliphatic heterocycles. The van der Waals surface area contributed by atoms with Crippen molar-refractivity contribution < 1.29 is 0 Å². The second kappa shape index (κ2) is 9.67. The number of fused-ring (bicyclic) bond motifs is 6. The summed E-state index contributed by atoms with van der Waals surface area (Å²) in [5, 5.41) is 5.08. The Bertz CT molecular complexity index is 2130. The lowest BCUT2D eigenvalue weighted by Crippen LogP contribution is -2.09. The number of hydrogen-bond donors (Lipinski definition) is 0. The largest absolute Gasteiger partial charge is 0.338 e. The van der Waals surface area contributed by atoms with E-state index in [0.29, 0.717) is 6.04 Å². The molecule has 0 amide bonds. The van der Waals surface area contributed by atoms with Gasteiger partial charge in [0, 0.05) is 61.4 Å². The summed E-state index contributed by atoms with van der Waals surface area (Å²) < 4.78 is 4.88. The van der Waals surface area contributed by atoms with Crippen molar-refractivity contribution in [2.75, 3.05) is 4.90 Å². The van der Waals surface area contributed by atoms with Gasteiger partial charge < -0.3 is 14.0 Å². The molecule has 0 aliphatic rings. The molecular formula is C39H31N3. The molecule has 0 spiro atoms. The zero-order valence-corrected chi connectivity index (χ0v) is 23.8. The van der Waals surface area contributed by atoms with Gasteiger partial charge >= 0.3 is 0 Å². The summed E-state index contributed by atoms with van der Waals surface area (Å²) in [6, 6.07) is 52.9. The third kappa shape index (κ3) is 3.74. The predicted octanol–water partition coefficient (Wildman–Crippen LogP) is 10.9. The van der Waals surface area contributed by atoms with Gasteiger partial charge in [-0.25, -0.2) is 0 Å². The molecule has 202 valence electrons. The minimum atomic E-state index is 0.328. The number of hydrogen-bond acceptors (Lipinski definition) is 1. The Labute approximate surface area is 245 Å². The lowest BCUT2D eigenvalue weighted by atomic mass is 10.1. The highest BCUT2D eigenvalue weighted by molar-refractivity contribution is 6.12. The van der Waals surface area contributed by atoms with Crippen molar-refractivity contribution in [1.29, 1.82) is 0 Å². The third-order valence-corrected chi connectivity index (χ3v) is 8.41. The molecule has 3 nitrogen and oxygen atoms in total. The highest BCUT2D eigenvalue weighted by Gasteiger charge is 2.19. The van der Waals surface area contributed by atoms with E-state index in [0.717, 1.165) is 17.1 Å². The minimum absolute atomic E-state index is 0.328. The van der Waals surface area contributed by atoms with Gasteiger partial charge in [0.15, 0.2) is 0 Å². The van der Waals surface area contributed by atoms with E-state index in [1.807, 2.05) is 0 Å². The van der Waals surface area contributed by atoms with Crippen molar-refractivity contribution in [3.05, 3.63) is 146 Å². The molecule has 42 heavy (non-hydrogen) atoms. The van der Waals surface area contributed by atoms with Crippen LogP contribution >= 0.6 is 0 Å². The molecule has 3 heteroatoms. The van der Waals surface area contributed by atoms with Crippen LogP contribution in [-0.4, -0.2) is 9.13 Å². The van der Waals surface area contributed by atoms with E-state index in [4.69, 9.17) is 0 Å². The first-order valence-electron chi connectivity index (χ1n) is 14.7. The second-order valence-electron chi connectivity index (χ2n) is 11.2. The predicted molar refractivity (Wildman–Crippen MR) is 179 cm³/mol. The molecule has 0 bridgehead atoms. The zero-order valence-electron chi connectivity index (χ0n) is 23.8. The van der Waals surface area contributed by atoms with Gasteiger partial charge in [-0.1, -0.05) is 72.8 Å². The SMILES string of the molecule is CC(C)n1c2ccc(N(c3ccccc3)c3ccccc3)cc2c2cc(-n3c4ccccc4c4ccccc43)ccc21. The molecule has 0 aliphatic carbocycles. The van der Waals surface area contributed by atoms with Crippen LogP contribution in [0.5, 0.6) is 0 Å². The van der Waals surface area contributed by atoms with E-state index < -0.39 is 0 Å². The number of nitrogens with zero attached hydrogens (tertiary/aromatic N) is 3. The Morgan fingerprint density at radius 3 is 1.50 bits per heavy atom. The molecule has 0 fully saturated rings. The highest BCUT2D eigenvalue weighted by Crippen LogP contribution is 2.41. The highest BCUT2D eigenvalue weighted by atomic mass is 15.1. The first-order valence-corrected chi connectivity index (χ1v) is 14.7. The Kier molecular flexibility index (Phi) is 5.65. The van der Waals surface area contributed by atoms with E-state index in [9.17, 15) is 0 Å². The van der Waals surface area contributed by atoms with Crippen molar-refractivity contribution >= 4 is 60.7 Å². The smallest absolute Gasteiger partial charge is 0.0541 e. The maximum atomic E-state index is 2.47. The fourth-order valence-electron chi connectivity index (χ4n) is 6.67. The normalized spacial score (nSPS) is 11.8. The van der Waals surface area contributed by atoms with Crippen LogP contribution in [0.15, 0.2) is 146 Å². The van der Waals surface area contributed by atoms with Gasteiger partial charge in [0.1, 0.15) is 0 Å². The molecule has 0 saturated carbocycles. The number of anilines is 3. The average molecular weight is 542 g/mol. The number of para-hydroxylation sites is 4. The van der Waals surface area contributed by atoms with Crippen LogP contribution in [0.1, 0.15) is 19.9 Å². The molecule has 2 aromatic heterocycles. The number of rotatable bonds is 5. The molecule has 0 N–H and O–H groups in total. The van der Waals surface area contributed by atoms with Gasteiger partial charge in [0.2, 0.25) is 0 Å². The topological polar surface area (TPSA) is 13.1 Å². The molecule has 6 aromatic carbocycles. The first-order chi connectivity index (χ1) is 20.7. The average Bonchev–Trinajstić information content (AvgIpc) is 3.55. The van der Waals surface area contributed by atoms with Crippen LogP contribution in [0, 0.1) is 0 Å². The molecule has 0 atom stereocenters. The standard InChI is InChI=1S/C39H31N3/c1-27(2)40-38-23-21-30(41(28-13-5-3-6-14-28)29-15-7-4-8-16-29)25-34(38)35-26-31(22-24-39(35)40)42-36-19-11-9-17-32(36)33-18-10-12-20-37(33)42/h3-27H,1-2H3. The summed E-state index contributed by atoms with van der Waals surface area (Å²) in [6.07, 6.45) is 0. The Morgan fingerprint density at radius 2 is 0.929 bits per heavy atom. The lowest BCUT2D eigenvalue weighted by Gasteiger charge is -2.25. The number of aromatic nitrogens is 2. The molecule has 0 unspecified atom stereocenters. The van der Waals surface area contributed by atoms with Crippen molar-refractivity contribution in [1.82, 2.24) is 9.13 Å². The maximum Gasteiger partial charge on any atom is 0.0541 e. The fourth-order valence-corrected chi connectivity index (χ4v) is 6.67. The molecule has 0 radical (unpaired) electrons. The van der Waals surface area contributed by atoms with Crippen LogP contribution < -0.4 is 4.90 Å². The van der Waals surface area contributed by atoms with E-state index >= 15 is 0 Å². The van der Waals surface area contributed by atoms with E-state index in [1.165, 1.54) is 49.3 Å². The van der Waals surface area contributed by atoms with Gasteiger partial charge in [-0.3, -0.25) is 0 Å². The summed E-state index contributed by atoms with van der Waals surface area (Å²) in [6.45, 7) is 4.54. The fraction of sp³-hybridized carbons (Fsp3) is 0.0769. The quantitative estimate of drug-likeness (QED) is 0.211. The summed E-state index contributed by atoms with van der Waals surface area (Å²) >= 11 is 0. The Balaban J connectivity index is 1.41. The van der Waals surface area contributed by atoms with Crippen molar-refractivity contribution in [3.63, 3.8) is 0 Å². The molecule has 8 aromatic rings. The van der Waals surface area contributed by atoms with Gasteiger partial charge in [0.05, 0.1) is 11.0 Å². The summed E-state index contributed by atoms with van der Waals surface area (Å²) in [7, 11) is 0. The first kappa shape index (κ1) is 24.5. The molecule has 0 saturated heterocycles. The third-order valence-electron chi connectivity index (χ3n) is 8.41. The summed E-state index contributed by atoms with van der Waals surface area (Å²) in [5.41, 5.74) is 9.57. The molecule has 8 rings (SSSR count). The van der Waals surface area contributed by atoms with E-state index in [2.05, 4.69) is 173 Å². The Hall–Kier alpha value is -5.28. The van der Waals surface area contributed by atoms with Gasteiger partial charge in [0.25, 0.3) is 0 Å². The number of benzene rings is 6. The van der Waals surface area contributed by atoms with Gasteiger partial charge in [-0.2, -0.15) is 0 Å².